The number of aryl methyl sites for hydroxylation is 2. The number of aromatic amines is 1. The van der Waals surface area contributed by atoms with Gasteiger partial charge in [-0.25, -0.2) is 4.98 Å². The minimum atomic E-state index is 0.298. The van der Waals surface area contributed by atoms with Crippen LogP contribution in [-0.2, 0) is 0 Å². The second-order valence-electron chi connectivity index (χ2n) is 3.94. The lowest BCUT2D eigenvalue weighted by Gasteiger charge is -2.11. The lowest BCUT2D eigenvalue weighted by molar-refractivity contribution is 0.415. The number of anilines is 1. The molecule has 0 amide bonds. The van der Waals surface area contributed by atoms with Crippen molar-refractivity contribution in [3.63, 3.8) is 0 Å². The molecule has 1 aromatic carbocycles. The topological polar surface area (TPSA) is 63.9 Å². The molecule has 1 heterocycles. The van der Waals surface area contributed by atoms with Crippen LogP contribution < -0.4 is 10.5 Å². The SMILES string of the molecule is COc1cc(C)cc(C)c1-c1nc(N)[nH]c1Cl. The molecular weight excluding hydrogens is 238 g/mol. The molecule has 0 aliphatic rings. The summed E-state index contributed by atoms with van der Waals surface area (Å²) in [6, 6.07) is 4.00. The molecule has 0 spiro atoms. The van der Waals surface area contributed by atoms with E-state index >= 15 is 0 Å². The van der Waals surface area contributed by atoms with Gasteiger partial charge < -0.3 is 15.5 Å². The number of H-pyrrole nitrogens is 1. The molecule has 90 valence electrons. The van der Waals surface area contributed by atoms with Gasteiger partial charge in [-0.15, -0.1) is 0 Å². The lowest BCUT2D eigenvalue weighted by atomic mass is 10.0. The second kappa shape index (κ2) is 4.30. The third kappa shape index (κ3) is 2.08. The highest BCUT2D eigenvalue weighted by Crippen LogP contribution is 2.37. The maximum Gasteiger partial charge on any atom is 0.199 e. The number of imidazole rings is 1. The number of hydrogen-bond donors (Lipinski definition) is 2. The van der Waals surface area contributed by atoms with Crippen LogP contribution in [0.1, 0.15) is 11.1 Å². The van der Waals surface area contributed by atoms with Crippen molar-refractivity contribution in [2.24, 2.45) is 0 Å². The van der Waals surface area contributed by atoms with E-state index < -0.39 is 0 Å². The molecule has 0 atom stereocenters. The standard InChI is InChI=1S/C12H14ClN3O/c1-6-4-7(2)9(8(5-6)17-3)10-11(13)16-12(14)15-10/h4-5H,1-3H3,(H3,14,15,16). The van der Waals surface area contributed by atoms with Crippen LogP contribution in [0.15, 0.2) is 12.1 Å². The van der Waals surface area contributed by atoms with Gasteiger partial charge in [-0.05, 0) is 31.0 Å². The van der Waals surface area contributed by atoms with Crippen LogP contribution in [-0.4, -0.2) is 17.1 Å². The number of nitrogens with zero attached hydrogens (tertiary/aromatic N) is 1. The molecule has 3 N–H and O–H groups in total. The number of hydrogen-bond acceptors (Lipinski definition) is 3. The van der Waals surface area contributed by atoms with Crippen molar-refractivity contribution in [1.82, 2.24) is 9.97 Å². The van der Waals surface area contributed by atoms with E-state index in [0.29, 0.717) is 16.8 Å². The largest absolute Gasteiger partial charge is 0.496 e. The van der Waals surface area contributed by atoms with E-state index in [1.807, 2.05) is 19.9 Å². The number of halogens is 1. The Hall–Kier alpha value is -1.68. The lowest BCUT2D eigenvalue weighted by Crippen LogP contribution is -1.93. The van der Waals surface area contributed by atoms with E-state index in [1.54, 1.807) is 7.11 Å². The van der Waals surface area contributed by atoms with Crippen molar-refractivity contribution in [2.45, 2.75) is 13.8 Å². The molecule has 0 aliphatic carbocycles. The summed E-state index contributed by atoms with van der Waals surface area (Å²) >= 11 is 6.07. The number of ether oxygens (including phenoxy) is 1. The second-order valence-corrected chi connectivity index (χ2v) is 4.32. The monoisotopic (exact) mass is 251 g/mol. The Morgan fingerprint density at radius 2 is 2.06 bits per heavy atom. The van der Waals surface area contributed by atoms with Crippen LogP contribution >= 0.6 is 11.6 Å². The van der Waals surface area contributed by atoms with E-state index in [1.165, 1.54) is 0 Å². The van der Waals surface area contributed by atoms with Crippen LogP contribution in [0.4, 0.5) is 5.95 Å². The number of methoxy groups -OCH3 is 1. The average molecular weight is 252 g/mol. The summed E-state index contributed by atoms with van der Waals surface area (Å²) in [6.45, 7) is 4.01. The van der Waals surface area contributed by atoms with Gasteiger partial charge in [0, 0.05) is 5.56 Å². The van der Waals surface area contributed by atoms with E-state index in [-0.39, 0.29) is 0 Å². The van der Waals surface area contributed by atoms with Crippen LogP contribution in [0, 0.1) is 13.8 Å². The van der Waals surface area contributed by atoms with Gasteiger partial charge in [0.15, 0.2) is 5.95 Å². The van der Waals surface area contributed by atoms with Crippen LogP contribution in [0.25, 0.3) is 11.3 Å². The first-order valence-corrected chi connectivity index (χ1v) is 5.57. The number of aromatic nitrogens is 2. The Balaban J connectivity index is 2.70. The van der Waals surface area contributed by atoms with Crippen molar-refractivity contribution in [3.05, 3.63) is 28.4 Å². The zero-order chi connectivity index (χ0) is 12.6. The minimum absolute atomic E-state index is 0.298. The van der Waals surface area contributed by atoms with E-state index in [2.05, 4.69) is 16.0 Å². The molecule has 0 fully saturated rings. The fraction of sp³-hybridized carbons (Fsp3) is 0.250. The maximum atomic E-state index is 6.07. The summed E-state index contributed by atoms with van der Waals surface area (Å²) in [7, 11) is 1.63. The molecular formula is C12H14ClN3O. The first kappa shape index (κ1) is 11.8. The highest BCUT2D eigenvalue weighted by Gasteiger charge is 2.16. The van der Waals surface area contributed by atoms with Gasteiger partial charge in [0.25, 0.3) is 0 Å². The third-order valence-electron chi connectivity index (χ3n) is 2.58. The number of benzene rings is 1. The highest BCUT2D eigenvalue weighted by molar-refractivity contribution is 6.32. The van der Waals surface area contributed by atoms with E-state index in [0.717, 1.165) is 22.4 Å². The number of nitrogens with two attached hydrogens (primary N) is 1. The zero-order valence-corrected chi connectivity index (χ0v) is 10.7. The normalized spacial score (nSPS) is 10.6. The summed E-state index contributed by atoms with van der Waals surface area (Å²) in [5.74, 6) is 1.04. The quantitative estimate of drug-likeness (QED) is 0.863. The van der Waals surface area contributed by atoms with Crippen molar-refractivity contribution in [1.29, 1.82) is 0 Å². The Morgan fingerprint density at radius 3 is 2.59 bits per heavy atom. The fourth-order valence-corrected chi connectivity index (χ4v) is 2.16. The molecule has 5 heteroatoms. The molecule has 0 saturated heterocycles. The molecule has 4 nitrogen and oxygen atoms in total. The molecule has 0 aliphatic heterocycles. The van der Waals surface area contributed by atoms with Gasteiger partial charge in [-0.3, -0.25) is 0 Å². The van der Waals surface area contributed by atoms with E-state index in [4.69, 9.17) is 22.1 Å². The van der Waals surface area contributed by atoms with Gasteiger partial charge in [0.1, 0.15) is 16.6 Å². The van der Waals surface area contributed by atoms with Crippen molar-refractivity contribution >= 4 is 17.5 Å². The third-order valence-corrected chi connectivity index (χ3v) is 2.85. The van der Waals surface area contributed by atoms with Gasteiger partial charge >= 0.3 is 0 Å². The first-order chi connectivity index (χ1) is 8.02. The molecule has 0 unspecified atom stereocenters. The highest BCUT2D eigenvalue weighted by atomic mass is 35.5. The van der Waals surface area contributed by atoms with Gasteiger partial charge in [0.2, 0.25) is 0 Å². The van der Waals surface area contributed by atoms with Crippen LogP contribution in [0.3, 0.4) is 0 Å². The number of nitrogens with one attached hydrogen (secondary N) is 1. The number of rotatable bonds is 2. The Bertz CT molecular complexity index is 563. The molecule has 1 aromatic heterocycles. The summed E-state index contributed by atoms with van der Waals surface area (Å²) in [6.07, 6.45) is 0. The van der Waals surface area contributed by atoms with Crippen molar-refractivity contribution < 1.29 is 4.74 Å². The summed E-state index contributed by atoms with van der Waals surface area (Å²) in [5.41, 5.74) is 9.27. The predicted molar refractivity (Wildman–Crippen MR) is 69.5 cm³/mol. The van der Waals surface area contributed by atoms with Gasteiger partial charge in [0.05, 0.1) is 7.11 Å². The Morgan fingerprint density at radius 1 is 1.35 bits per heavy atom. The first-order valence-electron chi connectivity index (χ1n) is 5.19. The number of nitrogen functional groups attached to an aromatic ring is 1. The van der Waals surface area contributed by atoms with Gasteiger partial charge in [-0.1, -0.05) is 17.7 Å². The maximum absolute atomic E-state index is 6.07. The molecule has 2 rings (SSSR count). The smallest absolute Gasteiger partial charge is 0.199 e. The molecule has 17 heavy (non-hydrogen) atoms. The Kier molecular flexibility index (Phi) is 2.98. The minimum Gasteiger partial charge on any atom is -0.496 e. The Labute approximate surface area is 105 Å². The van der Waals surface area contributed by atoms with E-state index in [9.17, 15) is 0 Å². The molecule has 0 bridgehead atoms. The summed E-state index contributed by atoms with van der Waals surface area (Å²) in [4.78, 5) is 6.97. The average Bonchev–Trinajstić information content (AvgIpc) is 2.56. The molecule has 0 saturated carbocycles. The van der Waals surface area contributed by atoms with Gasteiger partial charge in [-0.2, -0.15) is 0 Å². The van der Waals surface area contributed by atoms with Crippen molar-refractivity contribution in [3.8, 4) is 17.0 Å². The van der Waals surface area contributed by atoms with Crippen LogP contribution in [0.5, 0.6) is 5.75 Å². The summed E-state index contributed by atoms with van der Waals surface area (Å²) in [5, 5.41) is 0.424. The summed E-state index contributed by atoms with van der Waals surface area (Å²) < 4.78 is 5.37. The predicted octanol–water partition coefficient (Wildman–Crippen LogP) is 2.94. The fourth-order valence-electron chi connectivity index (χ4n) is 1.93. The van der Waals surface area contributed by atoms with Crippen LogP contribution in [0.2, 0.25) is 5.15 Å². The molecule has 0 radical (unpaired) electrons. The van der Waals surface area contributed by atoms with Crippen molar-refractivity contribution in [2.75, 3.05) is 12.8 Å². The zero-order valence-electron chi connectivity index (χ0n) is 9.97. The molecule has 2 aromatic rings.